The van der Waals surface area contributed by atoms with E-state index in [2.05, 4.69) is 38.8 Å². The fraction of sp³-hybridized carbons (Fsp3) is 0.612. The van der Waals surface area contributed by atoms with E-state index in [1.807, 2.05) is 110 Å². The standard InChI is InChI=1S/C85H128N6O19S/c1-4-6-7-8-9-10-11-12-13-14-15-16-26-39-81(97)109-59-60-111-68-77(91-80(96)67-107-64-75(92)38-27-28-47-101-51-55-105-57-53-103-49-30-45-88-82(98)70-42-40-69(3)41-43-70)84(100)90-62-76(93)61-71(63-110-85(72-32-20-17-21-33-72,73-34-22-18-23-35-73)74-36-24-19-25-37-74)83(99)89-46-31-50-104-54-58-106-56-52-102-48-29-44-87-79(95)66-108-65-78(94)86-5-2/h17-25,32-37,40-43,71,77H,4-16,26-31,38-39,44-68H2,1-3H3,(H,86,94)(H,87,95)(H,88,98)(H,89,99)(H,90,100)(H,91,96)/t71-,77+/m1/s1. The number of hydrogen-bond donors (Lipinski definition) is 6. The molecule has 0 unspecified atom stereocenters. The maximum Gasteiger partial charge on any atom is 0.305 e. The van der Waals surface area contributed by atoms with Crippen molar-refractivity contribution in [2.24, 2.45) is 5.92 Å². The first-order valence-corrected chi connectivity index (χ1v) is 41.3. The second-order valence-corrected chi connectivity index (χ2v) is 28.2. The van der Waals surface area contributed by atoms with Crippen LogP contribution in [0.1, 0.15) is 181 Å². The number of aryl methyl sites for hydroxylation is 1. The van der Waals surface area contributed by atoms with Gasteiger partial charge in [0.25, 0.3) is 5.91 Å². The Hall–Kier alpha value is -7.50. The van der Waals surface area contributed by atoms with Crippen LogP contribution in [0, 0.1) is 12.8 Å². The van der Waals surface area contributed by atoms with Gasteiger partial charge in [-0.25, -0.2) is 0 Å². The molecule has 0 spiro atoms. The number of unbranched alkanes of at least 4 members (excludes halogenated alkanes) is 13. The first-order valence-electron chi connectivity index (χ1n) is 40.2. The van der Waals surface area contributed by atoms with Gasteiger partial charge in [0.05, 0.1) is 71.9 Å². The fourth-order valence-corrected chi connectivity index (χ4v) is 12.5. The normalized spacial score (nSPS) is 11.8. The number of likely N-dealkylation sites (N-methyl/N-ethyl adjacent to an activating group) is 1. The molecule has 6 N–H and O–H groups in total. The Morgan fingerprint density at radius 1 is 0.405 bits per heavy atom. The number of ketones is 2. The van der Waals surface area contributed by atoms with Crippen molar-refractivity contribution in [3.63, 3.8) is 0 Å². The molecule has 4 aromatic rings. The van der Waals surface area contributed by atoms with Crippen molar-refractivity contribution in [2.75, 3.05) is 163 Å². The number of rotatable bonds is 71. The first-order chi connectivity index (χ1) is 54.2. The molecule has 0 aliphatic rings. The van der Waals surface area contributed by atoms with E-state index in [4.69, 9.17) is 47.4 Å². The summed E-state index contributed by atoms with van der Waals surface area (Å²) in [5.74, 6) is -4.17. The molecule has 0 saturated heterocycles. The zero-order valence-electron chi connectivity index (χ0n) is 66.3. The molecule has 0 aromatic heterocycles. The van der Waals surface area contributed by atoms with E-state index >= 15 is 0 Å². The van der Waals surface area contributed by atoms with Gasteiger partial charge in [0.2, 0.25) is 29.5 Å². The SMILES string of the molecule is CCCCCCCCCCCCCCCC(=O)OCCSC[C@H](NC(=O)COCC(=O)CCCCOCCOCCOCCCNC(=O)c1ccc(C)cc1)C(=O)NCC(=O)C[C@H](COC(c1ccccc1)(c1ccccc1)c1ccccc1)C(=O)NCCCOCCOCCOCCCNC(=O)COCC(=O)NCC. The number of carbonyl (C=O) groups excluding carboxylic acids is 9. The van der Waals surface area contributed by atoms with Crippen molar-refractivity contribution in [1.29, 1.82) is 0 Å². The highest BCUT2D eigenvalue weighted by Crippen LogP contribution is 2.41. The summed E-state index contributed by atoms with van der Waals surface area (Å²) in [6, 6.07) is 35.2. The molecular weight excluding hydrogens is 1440 g/mol. The zero-order chi connectivity index (χ0) is 79.7. The van der Waals surface area contributed by atoms with Gasteiger partial charge in [-0.15, -0.1) is 0 Å². The smallest absolute Gasteiger partial charge is 0.305 e. The summed E-state index contributed by atoms with van der Waals surface area (Å²) in [7, 11) is 0. The van der Waals surface area contributed by atoms with Crippen LogP contribution in [-0.4, -0.2) is 222 Å². The van der Waals surface area contributed by atoms with Crippen molar-refractivity contribution in [3.8, 4) is 0 Å². The van der Waals surface area contributed by atoms with Crippen molar-refractivity contribution in [2.45, 2.75) is 167 Å². The van der Waals surface area contributed by atoms with Crippen LogP contribution in [0.5, 0.6) is 0 Å². The number of ether oxygens (including phenoxy) is 10. The van der Waals surface area contributed by atoms with E-state index in [1.165, 1.54) is 69.5 Å². The average molecular weight is 1570 g/mol. The molecular formula is C85H128N6O19S. The fourth-order valence-electron chi connectivity index (χ4n) is 11.7. The number of thioether (sulfide) groups is 1. The number of benzene rings is 4. The Balaban J connectivity index is 1.27. The largest absolute Gasteiger partial charge is 0.465 e. The van der Waals surface area contributed by atoms with Crippen LogP contribution in [0.3, 0.4) is 0 Å². The molecule has 4 aromatic carbocycles. The Labute approximate surface area is 663 Å². The predicted molar refractivity (Wildman–Crippen MR) is 429 cm³/mol. The molecule has 0 radical (unpaired) electrons. The molecule has 0 fully saturated rings. The van der Waals surface area contributed by atoms with Gasteiger partial charge in [-0.2, -0.15) is 11.8 Å². The maximum absolute atomic E-state index is 14.4. The lowest BCUT2D eigenvalue weighted by Gasteiger charge is -2.37. The van der Waals surface area contributed by atoms with Gasteiger partial charge in [0.15, 0.2) is 11.6 Å². The second kappa shape index (κ2) is 64.0. The summed E-state index contributed by atoms with van der Waals surface area (Å²) < 4.78 is 57.1. The third kappa shape index (κ3) is 46.3. The third-order valence-electron chi connectivity index (χ3n) is 17.7. The Kier molecular flexibility index (Phi) is 55.2. The number of amides is 6. The molecule has 25 nitrogen and oxygen atoms in total. The minimum atomic E-state index is -1.23. The number of nitrogens with one attached hydrogen (secondary N) is 6. The molecule has 26 heteroatoms. The van der Waals surface area contributed by atoms with Crippen LogP contribution in [-0.2, 0) is 91.3 Å². The molecule has 0 heterocycles. The highest BCUT2D eigenvalue weighted by atomic mass is 32.2. The summed E-state index contributed by atoms with van der Waals surface area (Å²) in [5, 5.41) is 16.6. The van der Waals surface area contributed by atoms with E-state index in [-0.39, 0.29) is 87.6 Å². The second-order valence-electron chi connectivity index (χ2n) is 27.1. The molecule has 6 amide bonds. The summed E-state index contributed by atoms with van der Waals surface area (Å²) >= 11 is 1.28. The summed E-state index contributed by atoms with van der Waals surface area (Å²) in [5.41, 5.74) is 2.87. The van der Waals surface area contributed by atoms with Gasteiger partial charge >= 0.3 is 5.97 Å². The number of esters is 1. The Morgan fingerprint density at radius 2 is 0.856 bits per heavy atom. The number of Topliss-reactive ketones (excluding diaryl/α,β-unsaturated/α-hetero) is 2. The molecule has 618 valence electrons. The average Bonchev–Trinajstić information content (AvgIpc) is 0.757. The molecule has 0 aliphatic carbocycles. The van der Waals surface area contributed by atoms with Gasteiger partial charge in [0, 0.05) is 88.9 Å². The monoisotopic (exact) mass is 1570 g/mol. The van der Waals surface area contributed by atoms with Gasteiger partial charge in [-0.1, -0.05) is 193 Å². The van der Waals surface area contributed by atoms with Crippen LogP contribution in [0.25, 0.3) is 0 Å². The van der Waals surface area contributed by atoms with Crippen LogP contribution in [0.4, 0.5) is 0 Å². The Bertz CT molecular complexity index is 3040. The van der Waals surface area contributed by atoms with Crippen LogP contribution in [0.2, 0.25) is 0 Å². The molecule has 0 saturated carbocycles. The van der Waals surface area contributed by atoms with Gasteiger partial charge in [-0.3, -0.25) is 43.2 Å². The zero-order valence-corrected chi connectivity index (χ0v) is 67.1. The van der Waals surface area contributed by atoms with Crippen molar-refractivity contribution in [1.82, 2.24) is 31.9 Å². The Morgan fingerprint density at radius 3 is 1.38 bits per heavy atom. The predicted octanol–water partition coefficient (Wildman–Crippen LogP) is 10.1. The van der Waals surface area contributed by atoms with Crippen molar-refractivity contribution < 1.29 is 90.5 Å². The number of carbonyl (C=O) groups is 9. The molecule has 2 atom stereocenters. The van der Waals surface area contributed by atoms with Crippen LogP contribution < -0.4 is 31.9 Å². The van der Waals surface area contributed by atoms with E-state index in [9.17, 15) is 43.2 Å². The highest BCUT2D eigenvalue weighted by molar-refractivity contribution is 7.99. The number of hydrogen-bond acceptors (Lipinski definition) is 20. The molecule has 4 rings (SSSR count). The lowest BCUT2D eigenvalue weighted by Crippen LogP contribution is -2.50. The van der Waals surface area contributed by atoms with E-state index < -0.39 is 54.2 Å². The lowest BCUT2D eigenvalue weighted by atomic mass is 9.80. The summed E-state index contributed by atoms with van der Waals surface area (Å²) in [4.78, 5) is 117. The van der Waals surface area contributed by atoms with Crippen molar-refractivity contribution in [3.05, 3.63) is 143 Å². The minimum absolute atomic E-state index is 0.0425. The van der Waals surface area contributed by atoms with Gasteiger partial charge in [-0.05, 0) is 81.2 Å². The first kappa shape index (κ1) is 95.9. The highest BCUT2D eigenvalue weighted by Gasteiger charge is 2.39. The van der Waals surface area contributed by atoms with E-state index in [0.717, 1.165) is 47.9 Å². The van der Waals surface area contributed by atoms with Crippen LogP contribution in [0.15, 0.2) is 115 Å². The topological polar surface area (TPSA) is 318 Å². The van der Waals surface area contributed by atoms with E-state index in [1.54, 1.807) is 19.1 Å². The minimum Gasteiger partial charge on any atom is -0.465 e. The molecule has 0 aliphatic heterocycles. The summed E-state index contributed by atoms with van der Waals surface area (Å²) in [6.07, 6.45) is 18.6. The molecule has 0 bridgehead atoms. The third-order valence-corrected chi connectivity index (χ3v) is 18.7. The molecule has 111 heavy (non-hydrogen) atoms. The van der Waals surface area contributed by atoms with Crippen molar-refractivity contribution >= 4 is 64.7 Å². The van der Waals surface area contributed by atoms with E-state index in [0.29, 0.717) is 149 Å². The quantitative estimate of drug-likeness (QED) is 0.0136. The van der Waals surface area contributed by atoms with Gasteiger partial charge < -0.3 is 79.3 Å². The lowest BCUT2D eigenvalue weighted by molar-refractivity contribution is -0.143. The maximum atomic E-state index is 14.4. The van der Waals surface area contributed by atoms with Gasteiger partial charge in [0.1, 0.15) is 44.7 Å². The van der Waals surface area contributed by atoms with Crippen LogP contribution >= 0.6 is 11.8 Å². The summed E-state index contributed by atoms with van der Waals surface area (Å²) in [6.45, 7) is 10.3.